The summed E-state index contributed by atoms with van der Waals surface area (Å²) in [5, 5.41) is 14.4. The van der Waals surface area contributed by atoms with Gasteiger partial charge >= 0.3 is 5.97 Å². The van der Waals surface area contributed by atoms with Gasteiger partial charge in [0.15, 0.2) is 0 Å². The Labute approximate surface area is 111 Å². The molecule has 106 valence electrons. The largest absolute Gasteiger partial charge is 0.481 e. The van der Waals surface area contributed by atoms with Crippen molar-refractivity contribution < 1.29 is 19.5 Å². The number of amides is 2. The molecule has 1 atom stereocenters. The molecule has 1 saturated carbocycles. The Kier molecular flexibility index (Phi) is 4.39. The van der Waals surface area contributed by atoms with E-state index in [0.717, 1.165) is 12.8 Å². The first kappa shape index (κ1) is 13.8. The normalized spacial score (nSPS) is 30.7. The summed E-state index contributed by atoms with van der Waals surface area (Å²) >= 11 is 0. The Hall–Kier alpha value is -1.59. The van der Waals surface area contributed by atoms with Crippen molar-refractivity contribution in [3.05, 3.63) is 0 Å². The molecule has 1 aliphatic heterocycles. The first-order valence-electron chi connectivity index (χ1n) is 6.86. The Morgan fingerprint density at radius 3 is 2.42 bits per heavy atom. The van der Waals surface area contributed by atoms with Crippen molar-refractivity contribution in [2.45, 2.75) is 44.6 Å². The van der Waals surface area contributed by atoms with Gasteiger partial charge in [0.2, 0.25) is 11.8 Å². The van der Waals surface area contributed by atoms with E-state index in [-0.39, 0.29) is 23.8 Å². The maximum atomic E-state index is 11.8. The van der Waals surface area contributed by atoms with Crippen LogP contribution < -0.4 is 10.6 Å². The first-order chi connectivity index (χ1) is 9.06. The maximum absolute atomic E-state index is 11.8. The number of aliphatic carboxylic acids is 1. The van der Waals surface area contributed by atoms with Crippen molar-refractivity contribution >= 4 is 17.8 Å². The molecule has 2 fully saturated rings. The Balaban J connectivity index is 1.68. The van der Waals surface area contributed by atoms with Gasteiger partial charge in [0.05, 0.1) is 5.92 Å². The van der Waals surface area contributed by atoms with E-state index in [9.17, 15) is 14.4 Å². The van der Waals surface area contributed by atoms with E-state index in [0.29, 0.717) is 38.1 Å². The lowest BCUT2D eigenvalue weighted by molar-refractivity contribution is -0.143. The smallest absolute Gasteiger partial charge is 0.306 e. The van der Waals surface area contributed by atoms with E-state index in [2.05, 4.69) is 10.6 Å². The highest BCUT2D eigenvalue weighted by Crippen LogP contribution is 2.28. The van der Waals surface area contributed by atoms with E-state index in [1.54, 1.807) is 0 Å². The third-order valence-electron chi connectivity index (χ3n) is 4.07. The van der Waals surface area contributed by atoms with Crippen LogP contribution in [-0.2, 0) is 14.4 Å². The van der Waals surface area contributed by atoms with Gasteiger partial charge in [0, 0.05) is 13.0 Å². The average molecular weight is 268 g/mol. The fraction of sp³-hybridized carbons (Fsp3) is 0.769. The van der Waals surface area contributed by atoms with Crippen molar-refractivity contribution in [1.82, 2.24) is 10.6 Å². The molecule has 3 N–H and O–H groups in total. The lowest BCUT2D eigenvalue weighted by Crippen LogP contribution is -2.43. The lowest BCUT2D eigenvalue weighted by Gasteiger charge is -2.26. The lowest BCUT2D eigenvalue weighted by atomic mass is 9.82. The van der Waals surface area contributed by atoms with Crippen LogP contribution in [0.1, 0.15) is 38.5 Å². The number of rotatable bonds is 4. The van der Waals surface area contributed by atoms with E-state index >= 15 is 0 Å². The zero-order valence-electron chi connectivity index (χ0n) is 10.9. The summed E-state index contributed by atoms with van der Waals surface area (Å²) in [6.07, 6.45) is 4.05. The monoisotopic (exact) mass is 268 g/mol. The molecule has 1 saturated heterocycles. The number of nitrogens with one attached hydrogen (secondary N) is 2. The quantitative estimate of drug-likeness (QED) is 0.682. The Bertz CT molecular complexity index is 375. The molecule has 2 amide bonds. The highest BCUT2D eigenvalue weighted by Gasteiger charge is 2.29. The van der Waals surface area contributed by atoms with Crippen LogP contribution >= 0.6 is 0 Å². The fourth-order valence-corrected chi connectivity index (χ4v) is 2.79. The predicted molar refractivity (Wildman–Crippen MR) is 67.3 cm³/mol. The minimum absolute atomic E-state index is 0.0675. The summed E-state index contributed by atoms with van der Waals surface area (Å²) in [5.41, 5.74) is 0. The number of carbonyl (C=O) groups excluding carboxylic acids is 2. The number of carboxylic acid groups (broad SMARTS) is 1. The van der Waals surface area contributed by atoms with Crippen molar-refractivity contribution in [3.63, 3.8) is 0 Å². The summed E-state index contributed by atoms with van der Waals surface area (Å²) in [4.78, 5) is 33.6. The summed E-state index contributed by atoms with van der Waals surface area (Å²) in [6.45, 7) is 0.581. The molecular weight excluding hydrogens is 248 g/mol. The highest BCUT2D eigenvalue weighted by atomic mass is 16.4. The average Bonchev–Trinajstić information content (AvgIpc) is 2.83. The summed E-state index contributed by atoms with van der Waals surface area (Å²) in [5.74, 6) is -0.762. The van der Waals surface area contributed by atoms with Crippen molar-refractivity contribution in [3.8, 4) is 0 Å². The minimum atomic E-state index is -0.712. The summed E-state index contributed by atoms with van der Waals surface area (Å²) < 4.78 is 0. The van der Waals surface area contributed by atoms with Crippen molar-refractivity contribution in [2.24, 2.45) is 11.8 Å². The van der Waals surface area contributed by atoms with Gasteiger partial charge in [-0.05, 0) is 38.0 Å². The zero-order chi connectivity index (χ0) is 13.8. The Morgan fingerprint density at radius 1 is 1.21 bits per heavy atom. The summed E-state index contributed by atoms with van der Waals surface area (Å²) in [6, 6.07) is -0.386. The van der Waals surface area contributed by atoms with E-state index < -0.39 is 5.97 Å². The van der Waals surface area contributed by atoms with Crippen LogP contribution in [0.5, 0.6) is 0 Å². The molecule has 0 radical (unpaired) electrons. The molecule has 6 nitrogen and oxygen atoms in total. The SMILES string of the molecule is O=C1CC[C@H](C(=O)NCC2CCC(C(=O)O)CC2)N1. The molecule has 1 aliphatic carbocycles. The molecule has 2 aliphatic rings. The summed E-state index contributed by atoms with van der Waals surface area (Å²) in [7, 11) is 0. The van der Waals surface area contributed by atoms with E-state index in [1.807, 2.05) is 0 Å². The van der Waals surface area contributed by atoms with Crippen LogP contribution in [-0.4, -0.2) is 35.5 Å². The second-order valence-corrected chi connectivity index (χ2v) is 5.46. The van der Waals surface area contributed by atoms with Crippen molar-refractivity contribution in [1.29, 1.82) is 0 Å². The fourth-order valence-electron chi connectivity index (χ4n) is 2.79. The van der Waals surface area contributed by atoms with Crippen LogP contribution in [0.25, 0.3) is 0 Å². The number of hydrogen-bond donors (Lipinski definition) is 3. The van der Waals surface area contributed by atoms with E-state index in [1.165, 1.54) is 0 Å². The molecule has 0 aromatic rings. The molecule has 0 spiro atoms. The molecule has 1 heterocycles. The Morgan fingerprint density at radius 2 is 1.89 bits per heavy atom. The van der Waals surface area contributed by atoms with Gasteiger partial charge in [-0.25, -0.2) is 0 Å². The van der Waals surface area contributed by atoms with Gasteiger partial charge in [-0.1, -0.05) is 0 Å². The van der Waals surface area contributed by atoms with Crippen LogP contribution in [0, 0.1) is 11.8 Å². The van der Waals surface area contributed by atoms with Gasteiger partial charge in [0.1, 0.15) is 6.04 Å². The van der Waals surface area contributed by atoms with Crippen LogP contribution in [0.2, 0.25) is 0 Å². The third-order valence-corrected chi connectivity index (χ3v) is 4.07. The van der Waals surface area contributed by atoms with Crippen LogP contribution in [0.15, 0.2) is 0 Å². The molecule has 0 bridgehead atoms. The molecule has 0 aromatic heterocycles. The predicted octanol–water partition coefficient (Wildman–Crippen LogP) is 0.272. The van der Waals surface area contributed by atoms with E-state index in [4.69, 9.17) is 5.11 Å². The zero-order valence-corrected chi connectivity index (χ0v) is 10.9. The molecule has 19 heavy (non-hydrogen) atoms. The van der Waals surface area contributed by atoms with Gasteiger partial charge < -0.3 is 15.7 Å². The number of carbonyl (C=O) groups is 3. The highest BCUT2D eigenvalue weighted by molar-refractivity contribution is 5.90. The van der Waals surface area contributed by atoms with Crippen molar-refractivity contribution in [2.75, 3.05) is 6.54 Å². The minimum Gasteiger partial charge on any atom is -0.481 e. The molecule has 6 heteroatoms. The molecule has 2 rings (SSSR count). The number of hydrogen-bond acceptors (Lipinski definition) is 3. The van der Waals surface area contributed by atoms with Gasteiger partial charge in [-0.2, -0.15) is 0 Å². The molecule has 0 unspecified atom stereocenters. The second kappa shape index (κ2) is 6.04. The molecular formula is C13H20N2O4. The first-order valence-corrected chi connectivity index (χ1v) is 6.86. The molecule has 0 aromatic carbocycles. The van der Waals surface area contributed by atoms with Gasteiger partial charge in [-0.3, -0.25) is 14.4 Å². The number of carboxylic acids is 1. The van der Waals surface area contributed by atoms with Crippen LogP contribution in [0.4, 0.5) is 0 Å². The maximum Gasteiger partial charge on any atom is 0.306 e. The standard InChI is InChI=1S/C13H20N2O4/c16-11-6-5-10(15-11)12(17)14-7-8-1-3-9(4-2-8)13(18)19/h8-10H,1-7H2,(H,14,17)(H,15,16)(H,18,19)/t8?,9?,10-/m1/s1. The van der Waals surface area contributed by atoms with Gasteiger partial charge in [0.25, 0.3) is 0 Å². The second-order valence-electron chi connectivity index (χ2n) is 5.46. The van der Waals surface area contributed by atoms with Crippen LogP contribution in [0.3, 0.4) is 0 Å². The third kappa shape index (κ3) is 3.68. The van der Waals surface area contributed by atoms with Gasteiger partial charge in [-0.15, -0.1) is 0 Å². The topological polar surface area (TPSA) is 95.5 Å².